The summed E-state index contributed by atoms with van der Waals surface area (Å²) < 4.78 is 26.1. The molecule has 0 aromatic carbocycles. The first kappa shape index (κ1) is 8.96. The molecule has 0 spiro atoms. The number of aromatic nitrogens is 2. The molecule has 0 radical (unpaired) electrons. The molecule has 0 aliphatic heterocycles. The van der Waals surface area contributed by atoms with Crippen molar-refractivity contribution in [2.75, 3.05) is 0 Å². The molecule has 3 nitrogen and oxygen atoms in total. The fraction of sp³-hybridized carbons (Fsp3) is 0.429. The van der Waals surface area contributed by atoms with Crippen LogP contribution in [0.15, 0.2) is 16.9 Å². The molecular formula is C7H6BrF2N3. The summed E-state index contributed by atoms with van der Waals surface area (Å²) in [5.74, 6) is -2.86. The van der Waals surface area contributed by atoms with Gasteiger partial charge in [-0.25, -0.2) is 18.7 Å². The number of nitrogens with two attached hydrogens (primary N) is 1. The van der Waals surface area contributed by atoms with Gasteiger partial charge in [0, 0.05) is 18.8 Å². The minimum absolute atomic E-state index is 0.000648. The monoisotopic (exact) mass is 249 g/mol. The van der Waals surface area contributed by atoms with E-state index in [1.165, 1.54) is 12.4 Å². The highest BCUT2D eigenvalue weighted by Crippen LogP contribution is 2.56. The van der Waals surface area contributed by atoms with E-state index >= 15 is 0 Å². The predicted octanol–water partition coefficient (Wildman–Crippen LogP) is 1.43. The highest BCUT2D eigenvalue weighted by atomic mass is 79.9. The van der Waals surface area contributed by atoms with Crippen LogP contribution in [0.2, 0.25) is 0 Å². The van der Waals surface area contributed by atoms with Crippen LogP contribution >= 0.6 is 15.9 Å². The minimum Gasteiger partial charge on any atom is -0.314 e. The van der Waals surface area contributed by atoms with Gasteiger partial charge >= 0.3 is 0 Å². The molecule has 0 amide bonds. The normalized spacial score (nSPS) is 30.2. The summed E-state index contributed by atoms with van der Waals surface area (Å²) in [5, 5.41) is 0. The zero-order chi connectivity index (χ0) is 9.69. The maximum absolute atomic E-state index is 12.8. The highest BCUT2D eigenvalue weighted by molar-refractivity contribution is 9.10. The van der Waals surface area contributed by atoms with E-state index in [4.69, 9.17) is 5.73 Å². The van der Waals surface area contributed by atoms with Gasteiger partial charge in [0.05, 0.1) is 4.47 Å². The van der Waals surface area contributed by atoms with Gasteiger partial charge in [-0.15, -0.1) is 0 Å². The summed E-state index contributed by atoms with van der Waals surface area (Å²) in [6.45, 7) is 0. The van der Waals surface area contributed by atoms with Crippen molar-refractivity contribution >= 4 is 15.9 Å². The smallest absolute Gasteiger partial charge is 0.275 e. The average molecular weight is 250 g/mol. The van der Waals surface area contributed by atoms with Gasteiger partial charge in [0.25, 0.3) is 5.92 Å². The van der Waals surface area contributed by atoms with Crippen LogP contribution in [0, 0.1) is 0 Å². The zero-order valence-corrected chi connectivity index (χ0v) is 8.05. The fourth-order valence-corrected chi connectivity index (χ4v) is 1.30. The molecule has 1 atom stereocenters. The lowest BCUT2D eigenvalue weighted by molar-refractivity contribution is 0.0869. The van der Waals surface area contributed by atoms with Crippen molar-refractivity contribution in [3.63, 3.8) is 0 Å². The Morgan fingerprint density at radius 3 is 2.23 bits per heavy atom. The largest absolute Gasteiger partial charge is 0.314 e. The fourth-order valence-electron chi connectivity index (χ4n) is 1.09. The third kappa shape index (κ3) is 1.24. The summed E-state index contributed by atoms with van der Waals surface area (Å²) in [6, 6.07) is 0. The maximum atomic E-state index is 12.8. The molecule has 2 N–H and O–H groups in total. The third-order valence-corrected chi connectivity index (χ3v) is 2.46. The van der Waals surface area contributed by atoms with Crippen molar-refractivity contribution in [1.82, 2.24) is 9.97 Å². The molecule has 0 saturated heterocycles. The van der Waals surface area contributed by atoms with E-state index in [9.17, 15) is 8.78 Å². The molecule has 1 fully saturated rings. The summed E-state index contributed by atoms with van der Waals surface area (Å²) in [7, 11) is 0. The highest BCUT2D eigenvalue weighted by Gasteiger charge is 2.72. The lowest BCUT2D eigenvalue weighted by atomic mass is 10.2. The molecule has 1 heterocycles. The second-order valence-corrected chi connectivity index (χ2v) is 3.99. The Morgan fingerprint density at radius 2 is 1.85 bits per heavy atom. The van der Waals surface area contributed by atoms with Crippen molar-refractivity contribution in [1.29, 1.82) is 0 Å². The van der Waals surface area contributed by atoms with Crippen LogP contribution in [0.4, 0.5) is 8.78 Å². The molecule has 70 valence electrons. The zero-order valence-electron chi connectivity index (χ0n) is 6.47. The maximum Gasteiger partial charge on any atom is 0.275 e. The molecule has 1 unspecified atom stereocenters. The van der Waals surface area contributed by atoms with Crippen LogP contribution in [-0.4, -0.2) is 15.9 Å². The molecule has 6 heteroatoms. The van der Waals surface area contributed by atoms with E-state index in [1.807, 2.05) is 0 Å². The van der Waals surface area contributed by atoms with Crippen LogP contribution < -0.4 is 5.73 Å². The molecule has 1 saturated carbocycles. The average Bonchev–Trinajstić information content (AvgIpc) is 2.53. The molecule has 1 aliphatic rings. The second-order valence-electron chi connectivity index (χ2n) is 3.08. The van der Waals surface area contributed by atoms with E-state index in [-0.39, 0.29) is 12.2 Å². The lowest BCUT2D eigenvalue weighted by Gasteiger charge is -2.07. The van der Waals surface area contributed by atoms with E-state index in [0.29, 0.717) is 4.47 Å². The predicted molar refractivity (Wildman–Crippen MR) is 45.2 cm³/mol. The van der Waals surface area contributed by atoms with Gasteiger partial charge < -0.3 is 5.73 Å². The second kappa shape index (κ2) is 2.45. The van der Waals surface area contributed by atoms with Gasteiger partial charge in [0.2, 0.25) is 0 Å². The van der Waals surface area contributed by atoms with Crippen molar-refractivity contribution in [2.24, 2.45) is 5.73 Å². The SMILES string of the molecule is NC1(c2ncc(Br)cn2)CC1(F)F. The van der Waals surface area contributed by atoms with Crippen LogP contribution in [0.3, 0.4) is 0 Å². The van der Waals surface area contributed by atoms with Gasteiger partial charge in [-0.1, -0.05) is 0 Å². The first-order chi connectivity index (χ1) is 5.96. The molecule has 0 bridgehead atoms. The third-order valence-electron chi connectivity index (χ3n) is 2.05. The minimum atomic E-state index is -2.86. The standard InChI is InChI=1S/C7H6BrF2N3/c8-4-1-12-5(13-2-4)6(11)3-7(6,9)10/h1-2H,3,11H2. The number of hydrogen-bond donors (Lipinski definition) is 1. The Bertz CT molecular complexity index is 340. The number of hydrogen-bond acceptors (Lipinski definition) is 3. The number of alkyl halides is 2. The summed E-state index contributed by atoms with van der Waals surface area (Å²) >= 11 is 3.11. The first-order valence-corrected chi connectivity index (χ1v) is 4.40. The molecule has 2 rings (SSSR count). The summed E-state index contributed by atoms with van der Waals surface area (Å²) in [5.41, 5.74) is 3.76. The van der Waals surface area contributed by atoms with Gasteiger partial charge in [-0.2, -0.15) is 0 Å². The number of nitrogens with zero attached hydrogens (tertiary/aromatic N) is 2. The lowest BCUT2D eigenvalue weighted by Crippen LogP contribution is -2.29. The topological polar surface area (TPSA) is 51.8 Å². The molecule has 1 aromatic rings. The van der Waals surface area contributed by atoms with Gasteiger partial charge in [-0.3, -0.25) is 0 Å². The van der Waals surface area contributed by atoms with Crippen LogP contribution in [0.5, 0.6) is 0 Å². The van der Waals surface area contributed by atoms with Crippen molar-refractivity contribution in [3.8, 4) is 0 Å². The molecule has 1 aromatic heterocycles. The Balaban J connectivity index is 2.34. The van der Waals surface area contributed by atoms with Crippen LogP contribution in [0.1, 0.15) is 12.2 Å². The number of rotatable bonds is 1. The Kier molecular flexibility index (Phi) is 1.69. The van der Waals surface area contributed by atoms with E-state index in [0.717, 1.165) is 0 Å². The molecule has 13 heavy (non-hydrogen) atoms. The Morgan fingerprint density at radius 1 is 1.38 bits per heavy atom. The van der Waals surface area contributed by atoms with E-state index in [2.05, 4.69) is 25.9 Å². The Labute approximate surface area is 81.5 Å². The first-order valence-electron chi connectivity index (χ1n) is 3.60. The quantitative estimate of drug-likeness (QED) is 0.820. The van der Waals surface area contributed by atoms with Crippen LogP contribution in [0.25, 0.3) is 0 Å². The van der Waals surface area contributed by atoms with Gasteiger partial charge in [-0.05, 0) is 15.9 Å². The van der Waals surface area contributed by atoms with Gasteiger partial charge in [0.1, 0.15) is 5.54 Å². The van der Waals surface area contributed by atoms with E-state index < -0.39 is 11.5 Å². The van der Waals surface area contributed by atoms with E-state index in [1.54, 1.807) is 0 Å². The van der Waals surface area contributed by atoms with Crippen molar-refractivity contribution < 1.29 is 8.78 Å². The Hall–Kier alpha value is -0.620. The van der Waals surface area contributed by atoms with Crippen LogP contribution in [-0.2, 0) is 5.54 Å². The van der Waals surface area contributed by atoms with Crippen molar-refractivity contribution in [3.05, 3.63) is 22.7 Å². The molecular weight excluding hydrogens is 244 g/mol. The van der Waals surface area contributed by atoms with Crippen molar-refractivity contribution in [2.45, 2.75) is 17.9 Å². The summed E-state index contributed by atoms with van der Waals surface area (Å²) in [4.78, 5) is 7.49. The number of halogens is 3. The molecule has 1 aliphatic carbocycles. The summed E-state index contributed by atoms with van der Waals surface area (Å²) in [6.07, 6.45) is 2.44. The van der Waals surface area contributed by atoms with Gasteiger partial charge in [0.15, 0.2) is 5.82 Å².